The highest BCUT2D eigenvalue weighted by Gasteiger charge is 2.16. The van der Waals surface area contributed by atoms with Gasteiger partial charge in [0.1, 0.15) is 12.4 Å². The first kappa shape index (κ1) is 19.4. The third-order valence-electron chi connectivity index (χ3n) is 2.74. The smallest absolute Gasteiger partial charge is 0.349 e. The Kier molecular flexibility index (Phi) is 8.21. The van der Waals surface area contributed by atoms with E-state index in [9.17, 15) is 14.4 Å². The number of benzene rings is 1. The minimum atomic E-state index is -0.861. The highest BCUT2D eigenvalue weighted by Crippen LogP contribution is 2.12. The van der Waals surface area contributed by atoms with Crippen LogP contribution in [0.5, 0.6) is 5.75 Å². The Bertz CT molecular complexity index is 607. The molecule has 0 aliphatic heterocycles. The van der Waals surface area contributed by atoms with Crippen molar-refractivity contribution in [2.75, 3.05) is 26.9 Å². The first-order valence-corrected chi connectivity index (χ1v) is 7.19. The number of hydrogen-bond donors (Lipinski definition) is 0. The van der Waals surface area contributed by atoms with E-state index in [1.54, 1.807) is 18.2 Å². The van der Waals surface area contributed by atoms with E-state index >= 15 is 0 Å². The first-order chi connectivity index (χ1) is 11.4. The van der Waals surface area contributed by atoms with Crippen LogP contribution < -0.4 is 4.74 Å². The molecule has 0 atom stereocenters. The van der Waals surface area contributed by atoms with Crippen LogP contribution in [0.25, 0.3) is 0 Å². The van der Waals surface area contributed by atoms with E-state index in [0.717, 1.165) is 5.56 Å². The standard InChI is InChI=1S/C17H20O7/c1-12-5-4-6-14(9-12)24-16(19)11-23-17(20)13(2)10-15(18)22-8-7-21-3/h4-6,9H,2,7-8,10-11H2,1,3H3. The zero-order valence-corrected chi connectivity index (χ0v) is 13.7. The van der Waals surface area contributed by atoms with E-state index in [1.165, 1.54) is 7.11 Å². The molecule has 0 spiro atoms. The van der Waals surface area contributed by atoms with Crippen molar-refractivity contribution in [2.45, 2.75) is 13.3 Å². The van der Waals surface area contributed by atoms with Crippen molar-refractivity contribution in [3.63, 3.8) is 0 Å². The number of carbonyl (C=O) groups excluding carboxylic acids is 3. The van der Waals surface area contributed by atoms with Crippen LogP contribution in [0.15, 0.2) is 36.4 Å². The number of ether oxygens (including phenoxy) is 4. The van der Waals surface area contributed by atoms with Crippen molar-refractivity contribution in [1.82, 2.24) is 0 Å². The molecule has 0 bridgehead atoms. The predicted octanol–water partition coefficient (Wildman–Crippen LogP) is 1.58. The van der Waals surface area contributed by atoms with Crippen molar-refractivity contribution in [3.05, 3.63) is 42.0 Å². The summed E-state index contributed by atoms with van der Waals surface area (Å²) in [4.78, 5) is 34.7. The second-order valence-electron chi connectivity index (χ2n) is 4.86. The van der Waals surface area contributed by atoms with Gasteiger partial charge in [-0.3, -0.25) is 4.79 Å². The summed E-state index contributed by atoms with van der Waals surface area (Å²) in [5, 5.41) is 0. The van der Waals surface area contributed by atoms with Crippen molar-refractivity contribution < 1.29 is 33.3 Å². The molecule has 0 N–H and O–H groups in total. The van der Waals surface area contributed by atoms with Gasteiger partial charge in [-0.05, 0) is 24.6 Å². The van der Waals surface area contributed by atoms with Crippen LogP contribution in [0.2, 0.25) is 0 Å². The van der Waals surface area contributed by atoms with Crippen LogP contribution in [0, 0.1) is 6.92 Å². The minimum absolute atomic E-state index is 0.0838. The van der Waals surface area contributed by atoms with Gasteiger partial charge in [0.15, 0.2) is 6.61 Å². The molecule has 7 nitrogen and oxygen atoms in total. The first-order valence-electron chi connectivity index (χ1n) is 7.19. The van der Waals surface area contributed by atoms with Gasteiger partial charge in [-0.1, -0.05) is 18.7 Å². The molecule has 0 aliphatic rings. The summed E-state index contributed by atoms with van der Waals surface area (Å²) in [6, 6.07) is 6.88. The monoisotopic (exact) mass is 336 g/mol. The van der Waals surface area contributed by atoms with Gasteiger partial charge in [0.25, 0.3) is 0 Å². The fourth-order valence-corrected chi connectivity index (χ4v) is 1.60. The largest absolute Gasteiger partial charge is 0.463 e. The molecule has 0 aliphatic carbocycles. The van der Waals surface area contributed by atoms with Crippen molar-refractivity contribution in [2.24, 2.45) is 0 Å². The number of aryl methyl sites for hydroxylation is 1. The lowest BCUT2D eigenvalue weighted by molar-refractivity contribution is -0.152. The normalized spacial score (nSPS) is 9.92. The molecule has 0 aromatic heterocycles. The average Bonchev–Trinajstić information content (AvgIpc) is 2.52. The molecule has 0 unspecified atom stereocenters. The molecule has 130 valence electrons. The van der Waals surface area contributed by atoms with Crippen molar-refractivity contribution in [3.8, 4) is 5.75 Å². The molecule has 24 heavy (non-hydrogen) atoms. The predicted molar refractivity (Wildman–Crippen MR) is 84.4 cm³/mol. The van der Waals surface area contributed by atoms with Crippen LogP contribution in [-0.2, 0) is 28.6 Å². The molecule has 0 fully saturated rings. The van der Waals surface area contributed by atoms with Gasteiger partial charge in [0.2, 0.25) is 0 Å². The quantitative estimate of drug-likeness (QED) is 0.293. The lowest BCUT2D eigenvalue weighted by Gasteiger charge is -2.08. The molecular formula is C17H20O7. The second-order valence-corrected chi connectivity index (χ2v) is 4.86. The lowest BCUT2D eigenvalue weighted by Crippen LogP contribution is -2.21. The maximum absolute atomic E-state index is 11.7. The number of methoxy groups -OCH3 is 1. The maximum Gasteiger partial charge on any atom is 0.349 e. The fraction of sp³-hybridized carbons (Fsp3) is 0.353. The Balaban J connectivity index is 2.32. The molecule has 0 saturated carbocycles. The van der Waals surface area contributed by atoms with Gasteiger partial charge in [-0.15, -0.1) is 0 Å². The van der Waals surface area contributed by atoms with Crippen LogP contribution in [0.4, 0.5) is 0 Å². The van der Waals surface area contributed by atoms with Crippen LogP contribution >= 0.6 is 0 Å². The molecule has 0 saturated heterocycles. The highest BCUT2D eigenvalue weighted by atomic mass is 16.6. The SMILES string of the molecule is C=C(CC(=O)OCCOC)C(=O)OCC(=O)Oc1cccc(C)c1. The summed E-state index contributed by atoms with van der Waals surface area (Å²) < 4.78 is 19.3. The Morgan fingerprint density at radius 2 is 1.83 bits per heavy atom. The van der Waals surface area contributed by atoms with E-state index in [0.29, 0.717) is 5.75 Å². The van der Waals surface area contributed by atoms with Crippen molar-refractivity contribution in [1.29, 1.82) is 0 Å². The van der Waals surface area contributed by atoms with Crippen LogP contribution in [0.3, 0.4) is 0 Å². The summed E-state index contributed by atoms with van der Waals surface area (Å²) in [6.45, 7) is 5.05. The van der Waals surface area contributed by atoms with Gasteiger partial charge in [0.05, 0.1) is 13.0 Å². The fourth-order valence-electron chi connectivity index (χ4n) is 1.60. The number of esters is 3. The summed E-state index contributed by atoms with van der Waals surface area (Å²) in [5.74, 6) is -1.86. The molecular weight excluding hydrogens is 316 g/mol. The molecule has 7 heteroatoms. The zero-order valence-electron chi connectivity index (χ0n) is 13.7. The Morgan fingerprint density at radius 3 is 2.50 bits per heavy atom. The second kappa shape index (κ2) is 10.2. The van der Waals surface area contributed by atoms with Gasteiger partial charge in [-0.25, -0.2) is 9.59 Å². The van der Waals surface area contributed by atoms with Gasteiger partial charge in [0, 0.05) is 12.7 Å². The topological polar surface area (TPSA) is 88.1 Å². The van der Waals surface area contributed by atoms with Crippen molar-refractivity contribution >= 4 is 17.9 Å². The summed E-state index contributed by atoms with van der Waals surface area (Å²) >= 11 is 0. The summed E-state index contributed by atoms with van der Waals surface area (Å²) in [7, 11) is 1.47. The van der Waals surface area contributed by atoms with E-state index < -0.39 is 24.5 Å². The molecule has 1 aromatic carbocycles. The number of rotatable bonds is 9. The lowest BCUT2D eigenvalue weighted by atomic mass is 10.2. The third-order valence-corrected chi connectivity index (χ3v) is 2.74. The molecule has 1 rings (SSSR count). The summed E-state index contributed by atoms with van der Waals surface area (Å²) in [6.07, 6.45) is -0.324. The van der Waals surface area contributed by atoms with E-state index in [4.69, 9.17) is 18.9 Å². The highest BCUT2D eigenvalue weighted by molar-refractivity contribution is 5.94. The molecule has 1 aromatic rings. The molecule has 0 amide bonds. The Hall–Kier alpha value is -2.67. The van der Waals surface area contributed by atoms with E-state index in [-0.39, 0.29) is 25.2 Å². The van der Waals surface area contributed by atoms with Crippen LogP contribution in [-0.4, -0.2) is 44.8 Å². The van der Waals surface area contributed by atoms with Gasteiger partial charge in [-0.2, -0.15) is 0 Å². The number of carbonyl (C=O) groups is 3. The van der Waals surface area contributed by atoms with E-state index in [2.05, 4.69) is 6.58 Å². The average molecular weight is 336 g/mol. The molecule has 0 heterocycles. The number of hydrogen-bond acceptors (Lipinski definition) is 7. The summed E-state index contributed by atoms with van der Waals surface area (Å²) in [5.41, 5.74) is 0.818. The van der Waals surface area contributed by atoms with Gasteiger partial charge >= 0.3 is 17.9 Å². The van der Waals surface area contributed by atoms with Crippen LogP contribution in [0.1, 0.15) is 12.0 Å². The Morgan fingerprint density at radius 1 is 1.08 bits per heavy atom. The minimum Gasteiger partial charge on any atom is -0.463 e. The van der Waals surface area contributed by atoms with E-state index in [1.807, 2.05) is 13.0 Å². The maximum atomic E-state index is 11.7. The van der Waals surface area contributed by atoms with Gasteiger partial charge < -0.3 is 18.9 Å². The zero-order chi connectivity index (χ0) is 17.9. The molecule has 0 radical (unpaired) electrons. The Labute approximate surface area is 140 Å². The third kappa shape index (κ3) is 7.55.